The van der Waals surface area contributed by atoms with Gasteiger partial charge in [0.25, 0.3) is 0 Å². The molecule has 320 valence electrons. The third kappa shape index (κ3) is 6.71. The number of rotatable bonds is 10. The Bertz CT molecular complexity index is 2110. The summed E-state index contributed by atoms with van der Waals surface area (Å²) in [7, 11) is 0.758. The van der Waals surface area contributed by atoms with Gasteiger partial charge in [-0.25, -0.2) is 4.79 Å². The van der Waals surface area contributed by atoms with E-state index in [1.54, 1.807) is 52.8 Å². The van der Waals surface area contributed by atoms with Crippen molar-refractivity contribution in [2.75, 3.05) is 13.1 Å². The number of ether oxygens (including phenoxy) is 5. The van der Waals surface area contributed by atoms with Crippen LogP contribution in [0.4, 0.5) is 0 Å². The van der Waals surface area contributed by atoms with Gasteiger partial charge in [0.05, 0.1) is 18.3 Å². The van der Waals surface area contributed by atoms with E-state index in [9.17, 15) is 34.1 Å². The van der Waals surface area contributed by atoms with Gasteiger partial charge in [0.1, 0.15) is 6.10 Å². The second-order valence-corrected chi connectivity index (χ2v) is 18.3. The maximum absolute atomic E-state index is 15.6. The first-order valence-corrected chi connectivity index (χ1v) is 20.5. The third-order valence-corrected chi connectivity index (χ3v) is 14.3. The fourth-order valence-corrected chi connectivity index (χ4v) is 11.2. The first-order chi connectivity index (χ1) is 28.2. The Morgan fingerprint density at radius 3 is 2.13 bits per heavy atom. The van der Waals surface area contributed by atoms with Crippen LogP contribution >= 0.6 is 0 Å². The molecular formula is C45H54BNO13. The van der Waals surface area contributed by atoms with Gasteiger partial charge in [-0.1, -0.05) is 18.2 Å². The third-order valence-electron chi connectivity index (χ3n) is 14.3. The monoisotopic (exact) mass is 827 g/mol. The number of esters is 3. The molecule has 2 aliphatic heterocycles. The van der Waals surface area contributed by atoms with Crippen LogP contribution in [-0.2, 0) is 47.6 Å². The molecule has 5 aliphatic rings. The molecule has 60 heavy (non-hydrogen) atoms. The topological polar surface area (TPSA) is 192 Å². The zero-order valence-corrected chi connectivity index (χ0v) is 35.3. The Morgan fingerprint density at radius 2 is 1.57 bits per heavy atom. The SMILES string of the molecule is CC(=O)OC1C(=O)[C@]2(C)C(O)CC3OC[C@@]3(OC(C)=O)C2C(OC(=O)c2ccccc2)C2(O)C[C@H](CC(=O)C3OC(C)(C)N(CB=O)C3c3ccccc3)C(C)=C1C2(C)C. The molecule has 2 saturated heterocycles. The number of benzene rings is 2. The molecule has 14 nitrogen and oxygen atoms in total. The van der Waals surface area contributed by atoms with Crippen molar-refractivity contribution in [2.45, 2.75) is 128 Å². The van der Waals surface area contributed by atoms with Crippen LogP contribution in [0.15, 0.2) is 71.8 Å². The number of ketones is 2. The van der Waals surface area contributed by atoms with Gasteiger partial charge >= 0.3 is 240 Å². The van der Waals surface area contributed by atoms with Crippen molar-refractivity contribution >= 4 is 36.6 Å². The van der Waals surface area contributed by atoms with Crippen molar-refractivity contribution in [3.8, 4) is 0 Å². The number of aliphatic hydroxyl groups is 2. The van der Waals surface area contributed by atoms with E-state index < -0.39 is 99.8 Å². The number of Topliss-reactive ketones (excluding diaryl/α,β-unsaturated/α-hetero) is 2. The molecule has 8 unspecified atom stereocenters. The molecule has 7 rings (SSSR count). The molecule has 2 heterocycles. The van der Waals surface area contributed by atoms with E-state index in [4.69, 9.17) is 23.7 Å². The van der Waals surface area contributed by atoms with E-state index in [0.717, 1.165) is 19.6 Å². The molecule has 4 fully saturated rings. The molecule has 3 aliphatic carbocycles. The molecule has 2 aromatic rings. The number of fused-ring (bicyclic) bond motifs is 5. The first kappa shape index (κ1) is 43.7. The Balaban J connectivity index is 1.43. The number of hydrogen-bond acceptors (Lipinski definition) is 14. The van der Waals surface area contributed by atoms with E-state index in [2.05, 4.69) is 0 Å². The number of aliphatic hydroxyl groups excluding tert-OH is 1. The van der Waals surface area contributed by atoms with Crippen molar-refractivity contribution < 1.29 is 62.6 Å². The summed E-state index contributed by atoms with van der Waals surface area (Å²) in [6, 6.07) is 16.6. The molecule has 2 saturated carbocycles. The Kier molecular flexibility index (Phi) is 11.3. The van der Waals surface area contributed by atoms with Gasteiger partial charge in [0, 0.05) is 20.3 Å². The summed E-state index contributed by atoms with van der Waals surface area (Å²) in [6.45, 7) is 12.2. The number of carbonyl (C=O) groups is 5. The Hall–Kier alpha value is -4.41. The zero-order chi connectivity index (χ0) is 43.7. The van der Waals surface area contributed by atoms with Crippen LogP contribution in [0.25, 0.3) is 0 Å². The molecule has 2 bridgehead atoms. The quantitative estimate of drug-likeness (QED) is 0.151. The predicted molar refractivity (Wildman–Crippen MR) is 213 cm³/mol. The fraction of sp³-hybridized carbons (Fsp3) is 0.578. The zero-order valence-electron chi connectivity index (χ0n) is 35.3. The molecule has 2 aromatic carbocycles. The summed E-state index contributed by atoms with van der Waals surface area (Å²) >= 11 is 0. The second-order valence-electron chi connectivity index (χ2n) is 18.3. The van der Waals surface area contributed by atoms with E-state index >= 15 is 4.79 Å². The van der Waals surface area contributed by atoms with Crippen LogP contribution in [0.5, 0.6) is 0 Å². The van der Waals surface area contributed by atoms with E-state index in [-0.39, 0.29) is 49.2 Å². The summed E-state index contributed by atoms with van der Waals surface area (Å²) < 4.78 is 42.9. The first-order valence-electron chi connectivity index (χ1n) is 20.5. The van der Waals surface area contributed by atoms with E-state index in [1.807, 2.05) is 35.2 Å². The van der Waals surface area contributed by atoms with Crippen molar-refractivity contribution in [1.82, 2.24) is 4.90 Å². The summed E-state index contributed by atoms with van der Waals surface area (Å²) in [5.41, 5.74) is -6.82. The van der Waals surface area contributed by atoms with Crippen LogP contribution in [-0.4, -0.2) is 112 Å². The number of allylic oxidation sites excluding steroid dienone is 1. The van der Waals surface area contributed by atoms with Gasteiger partial charge < -0.3 is 14.6 Å². The van der Waals surface area contributed by atoms with Crippen LogP contribution in [0.2, 0.25) is 0 Å². The van der Waals surface area contributed by atoms with Crippen molar-refractivity contribution in [3.05, 3.63) is 82.9 Å². The average molecular weight is 828 g/mol. The molecule has 2 N–H and O–H groups in total. The minimum absolute atomic E-state index is 0.0156. The van der Waals surface area contributed by atoms with Crippen LogP contribution < -0.4 is 0 Å². The molecule has 15 heteroatoms. The molecular weight excluding hydrogens is 773 g/mol. The van der Waals surface area contributed by atoms with Gasteiger partial charge in [-0.3, -0.25) is 9.59 Å². The van der Waals surface area contributed by atoms with Crippen molar-refractivity contribution in [1.29, 1.82) is 0 Å². The van der Waals surface area contributed by atoms with Gasteiger partial charge in [0.15, 0.2) is 0 Å². The van der Waals surface area contributed by atoms with E-state index in [1.165, 1.54) is 26.0 Å². The fourth-order valence-electron chi connectivity index (χ4n) is 11.2. The van der Waals surface area contributed by atoms with Crippen LogP contribution in [0, 0.1) is 22.7 Å². The molecule has 11 atom stereocenters. The summed E-state index contributed by atoms with van der Waals surface area (Å²) in [6.07, 6.45) is -7.51. The normalized spacial score (nSPS) is 36.6. The number of hydrogen-bond donors (Lipinski definition) is 2. The average Bonchev–Trinajstić information content (AvgIpc) is 3.46. The Morgan fingerprint density at radius 1 is 0.933 bits per heavy atom. The van der Waals surface area contributed by atoms with Gasteiger partial charge in [-0.2, -0.15) is 0 Å². The summed E-state index contributed by atoms with van der Waals surface area (Å²) in [5.74, 6) is -5.81. The minimum atomic E-state index is -2.19. The maximum atomic E-state index is 15.6. The van der Waals surface area contributed by atoms with Gasteiger partial charge in [-0.05, 0) is 19.1 Å². The van der Waals surface area contributed by atoms with Crippen molar-refractivity contribution in [3.63, 3.8) is 0 Å². The standard InChI is InChI=1S/C45H54BNO13/c1-24-29(19-30(50)35-34(27-15-11-9-12-16-27)47(23-46-55)42(6,7)60-35)21-45(54)39(58-40(53)28-17-13-10-14-18-28)37-43(8,31(51)20-32-44(37,22-56-32)59-26(3)49)38(52)36(57-25(2)48)33(24)41(45,4)5/h9-18,29,31-32,34-37,39,51,54H,19-23H2,1-8H3/t29-,31?,32?,34?,35?,36?,37?,39?,43+,44-,45?/m0/s1. The van der Waals surface area contributed by atoms with Gasteiger partial charge in [-0.15, -0.1) is 0 Å². The van der Waals surface area contributed by atoms with Gasteiger partial charge in [0.2, 0.25) is 0 Å². The summed E-state index contributed by atoms with van der Waals surface area (Å²) in [4.78, 5) is 72.6. The molecule has 0 amide bonds. The van der Waals surface area contributed by atoms with Crippen LogP contribution in [0.3, 0.4) is 0 Å². The molecule has 0 spiro atoms. The predicted octanol–water partition coefficient (Wildman–Crippen LogP) is 4.05. The second kappa shape index (κ2) is 15.5. The molecule has 0 aromatic heterocycles. The van der Waals surface area contributed by atoms with E-state index in [0.29, 0.717) is 5.57 Å². The Labute approximate surface area is 350 Å². The van der Waals surface area contributed by atoms with Crippen molar-refractivity contribution in [2.24, 2.45) is 22.7 Å². The molecule has 0 radical (unpaired) electrons. The van der Waals surface area contributed by atoms with Crippen LogP contribution in [0.1, 0.15) is 96.6 Å². The summed E-state index contributed by atoms with van der Waals surface area (Å²) in [5, 5.41) is 25.9. The number of nitrogens with zero attached hydrogens (tertiary/aromatic N) is 1. The number of carbonyl (C=O) groups excluding carboxylic acids is 5.